The third kappa shape index (κ3) is 5.33. The molecule has 0 spiro atoms. The van der Waals surface area contributed by atoms with E-state index in [4.69, 9.17) is 25.2 Å². The average molecular weight is 543 g/mol. The molecule has 9 atom stereocenters. The number of ether oxygens (including phenoxy) is 1. The van der Waals surface area contributed by atoms with Gasteiger partial charge in [0.2, 0.25) is 0 Å². The van der Waals surface area contributed by atoms with Crippen LogP contribution in [0.2, 0.25) is 0 Å². The summed E-state index contributed by atoms with van der Waals surface area (Å²) in [5, 5.41) is 33.2. The lowest BCUT2D eigenvalue weighted by molar-refractivity contribution is -0.0616. The van der Waals surface area contributed by atoms with Crippen LogP contribution in [-0.4, -0.2) is 73.6 Å². The molecular weight excluding hydrogens is 499 g/mol. The molecule has 10 nitrogen and oxygen atoms in total. The third-order valence-corrected chi connectivity index (χ3v) is 10.6. The van der Waals surface area contributed by atoms with Gasteiger partial charge in [-0.3, -0.25) is 9.52 Å². The Morgan fingerprint density at radius 1 is 1.00 bits per heavy atom. The van der Waals surface area contributed by atoms with Crippen LogP contribution in [0.5, 0.6) is 0 Å². The smallest absolute Gasteiger partial charge is 0.391 e. The lowest BCUT2D eigenvalue weighted by Crippen LogP contribution is -2.42. The number of phosphoric acid groups is 1. The number of allylic oxidation sites excluding steroid dienone is 1. The first-order chi connectivity index (χ1) is 17.5. The van der Waals surface area contributed by atoms with Crippen molar-refractivity contribution in [3.05, 3.63) is 12.2 Å². The zero-order valence-corrected chi connectivity index (χ0v) is 22.3. The van der Waals surface area contributed by atoms with Crippen LogP contribution in [0.1, 0.15) is 83.5 Å². The van der Waals surface area contributed by atoms with E-state index in [1.165, 1.54) is 0 Å². The lowest BCUT2D eigenvalue weighted by atomic mass is 9.69. The first-order valence-corrected chi connectivity index (χ1v) is 15.5. The predicted molar refractivity (Wildman–Crippen MR) is 137 cm³/mol. The number of amidine groups is 1. The van der Waals surface area contributed by atoms with Gasteiger partial charge in [0, 0.05) is 5.41 Å². The second-order valence-corrected chi connectivity index (χ2v) is 13.5. The zero-order chi connectivity index (χ0) is 26.5. The Morgan fingerprint density at radius 2 is 1.70 bits per heavy atom. The predicted octanol–water partition coefficient (Wildman–Crippen LogP) is 2.31. The van der Waals surface area contributed by atoms with Gasteiger partial charge in [-0.15, -0.1) is 0 Å². The molecule has 7 N–H and O–H groups in total. The number of fused-ring (bicyclic) bond motifs is 1. The average Bonchev–Trinajstić information content (AvgIpc) is 3.51. The largest absolute Gasteiger partial charge is 0.469 e. The van der Waals surface area contributed by atoms with Gasteiger partial charge < -0.3 is 35.6 Å². The minimum atomic E-state index is -4.74. The number of aliphatic imine (C=N–C) groups is 1. The molecule has 11 heteroatoms. The van der Waals surface area contributed by atoms with Crippen LogP contribution in [0.15, 0.2) is 17.1 Å². The van der Waals surface area contributed by atoms with E-state index in [0.29, 0.717) is 12.3 Å². The maximum absolute atomic E-state index is 11.3. The summed E-state index contributed by atoms with van der Waals surface area (Å²) in [6.45, 7) is -0.494. The zero-order valence-electron chi connectivity index (χ0n) is 21.5. The van der Waals surface area contributed by atoms with E-state index < -0.39 is 50.5 Å². The van der Waals surface area contributed by atoms with E-state index in [2.05, 4.69) is 10.6 Å². The fraction of sp³-hybridized carbons (Fsp3) is 0.885. The highest BCUT2D eigenvalue weighted by Crippen LogP contribution is 2.71. The van der Waals surface area contributed by atoms with Crippen molar-refractivity contribution in [2.45, 2.75) is 120 Å². The SMILES string of the molecule is NC1=NC23CCCCCCCCC4(C5OC(COP(=O)(O)O)C(O)C5O)CC4C(C=C1)(CCC2O)CC3. The van der Waals surface area contributed by atoms with Crippen molar-refractivity contribution in [1.82, 2.24) is 0 Å². The van der Waals surface area contributed by atoms with Crippen molar-refractivity contribution < 1.29 is 38.9 Å². The highest BCUT2D eigenvalue weighted by atomic mass is 31.2. The van der Waals surface area contributed by atoms with Crippen LogP contribution in [0.25, 0.3) is 0 Å². The van der Waals surface area contributed by atoms with E-state index >= 15 is 0 Å². The lowest BCUT2D eigenvalue weighted by Gasteiger charge is -2.38. The summed E-state index contributed by atoms with van der Waals surface area (Å²) in [5.74, 6) is 0.618. The molecule has 5 rings (SSSR count). The molecule has 2 aliphatic heterocycles. The van der Waals surface area contributed by atoms with E-state index in [-0.39, 0.29) is 16.7 Å². The standard InChI is InChI=1S/C26H43N2O8P/c27-20-8-12-24-11-7-19(29)26(28-20,14-13-24)10-6-4-2-1-3-5-9-25(15-18(24)25)23-22(31)21(30)17(36-23)16-35-37(32,33)34/h8,12,17-19,21-23,29-31H,1-7,9-11,13-16H2,(H2,27,28)(H2,32,33,34). The van der Waals surface area contributed by atoms with E-state index in [1.807, 2.05) is 6.08 Å². The molecule has 37 heavy (non-hydrogen) atoms. The van der Waals surface area contributed by atoms with Crippen LogP contribution < -0.4 is 5.73 Å². The Hall–Kier alpha value is -0.840. The summed E-state index contributed by atoms with van der Waals surface area (Å²) in [5.41, 5.74) is 5.17. The van der Waals surface area contributed by atoms with Gasteiger partial charge in [-0.1, -0.05) is 44.6 Å². The van der Waals surface area contributed by atoms with Crippen LogP contribution in [-0.2, 0) is 13.8 Å². The Morgan fingerprint density at radius 3 is 2.43 bits per heavy atom. The Labute approximate surface area is 218 Å². The molecular formula is C26H43N2O8P. The molecule has 0 aromatic heterocycles. The molecule has 210 valence electrons. The maximum atomic E-state index is 11.3. The molecule has 3 saturated carbocycles. The Bertz CT molecular complexity index is 957. The number of rotatable bonds is 4. The Balaban J connectivity index is 1.47. The number of nitrogens with zero attached hydrogens (tertiary/aromatic N) is 1. The second-order valence-electron chi connectivity index (χ2n) is 12.2. The topological polar surface area (TPSA) is 175 Å². The molecule has 2 bridgehead atoms. The molecule has 0 radical (unpaired) electrons. The fourth-order valence-electron chi connectivity index (χ4n) is 8.02. The maximum Gasteiger partial charge on any atom is 0.469 e. The van der Waals surface area contributed by atoms with Crippen LogP contribution in [0.3, 0.4) is 0 Å². The van der Waals surface area contributed by atoms with Gasteiger partial charge in [0.15, 0.2) is 0 Å². The monoisotopic (exact) mass is 542 g/mol. The van der Waals surface area contributed by atoms with Crippen molar-refractivity contribution in [2.24, 2.45) is 27.5 Å². The molecule has 0 amide bonds. The van der Waals surface area contributed by atoms with Gasteiger partial charge in [-0.25, -0.2) is 4.57 Å². The van der Waals surface area contributed by atoms with Crippen molar-refractivity contribution in [3.63, 3.8) is 0 Å². The van der Waals surface area contributed by atoms with E-state index in [0.717, 1.165) is 77.0 Å². The fourth-order valence-corrected chi connectivity index (χ4v) is 8.37. The number of aliphatic hydroxyl groups is 3. The summed E-state index contributed by atoms with van der Waals surface area (Å²) in [6, 6.07) is 0. The minimum absolute atomic E-state index is 0.168. The number of aliphatic hydroxyl groups excluding tert-OH is 3. The van der Waals surface area contributed by atoms with Crippen molar-refractivity contribution >= 4 is 13.7 Å². The number of hydrogen-bond donors (Lipinski definition) is 6. The second kappa shape index (κ2) is 10.3. The highest BCUT2D eigenvalue weighted by Gasteiger charge is 2.69. The molecule has 5 aliphatic rings. The van der Waals surface area contributed by atoms with E-state index in [1.54, 1.807) is 0 Å². The van der Waals surface area contributed by atoms with Gasteiger partial charge in [-0.05, 0) is 62.4 Å². The van der Waals surface area contributed by atoms with Crippen molar-refractivity contribution in [3.8, 4) is 0 Å². The Kier molecular flexibility index (Phi) is 7.70. The van der Waals surface area contributed by atoms with Crippen LogP contribution in [0.4, 0.5) is 0 Å². The third-order valence-electron chi connectivity index (χ3n) is 10.1. The van der Waals surface area contributed by atoms with Crippen molar-refractivity contribution in [2.75, 3.05) is 6.61 Å². The summed E-state index contributed by atoms with van der Waals surface area (Å²) < 4.78 is 22.0. The quantitative estimate of drug-likeness (QED) is 0.291. The van der Waals surface area contributed by atoms with E-state index in [9.17, 15) is 19.9 Å². The summed E-state index contributed by atoms with van der Waals surface area (Å²) >= 11 is 0. The number of phosphoric ester groups is 1. The number of nitrogens with two attached hydrogens (primary N) is 1. The van der Waals surface area contributed by atoms with Crippen LogP contribution in [0, 0.1) is 16.7 Å². The van der Waals surface area contributed by atoms with Crippen LogP contribution >= 0.6 is 7.82 Å². The molecule has 0 aromatic carbocycles. The summed E-state index contributed by atoms with van der Waals surface area (Å²) in [4.78, 5) is 23.1. The first-order valence-electron chi connectivity index (χ1n) is 13.9. The molecule has 1 saturated heterocycles. The summed E-state index contributed by atoms with van der Waals surface area (Å²) in [7, 11) is -4.74. The van der Waals surface area contributed by atoms with Crippen molar-refractivity contribution in [1.29, 1.82) is 0 Å². The van der Waals surface area contributed by atoms with Gasteiger partial charge in [-0.2, -0.15) is 0 Å². The van der Waals surface area contributed by atoms with Gasteiger partial charge in [0.25, 0.3) is 0 Å². The summed E-state index contributed by atoms with van der Waals surface area (Å²) in [6.07, 6.45) is 11.3. The molecule has 0 aromatic rings. The molecule has 4 fully saturated rings. The first kappa shape index (κ1) is 27.7. The number of hydrogen-bond acceptors (Lipinski definition) is 8. The van der Waals surface area contributed by atoms with Gasteiger partial charge in [0.1, 0.15) is 24.1 Å². The molecule has 2 heterocycles. The van der Waals surface area contributed by atoms with Gasteiger partial charge in [0.05, 0.1) is 24.4 Å². The normalized spacial score (nSPS) is 46.9. The minimum Gasteiger partial charge on any atom is -0.391 e. The molecule has 3 aliphatic carbocycles. The highest BCUT2D eigenvalue weighted by molar-refractivity contribution is 7.46. The van der Waals surface area contributed by atoms with Gasteiger partial charge >= 0.3 is 7.82 Å². The molecule has 9 unspecified atom stereocenters.